The molecule has 4 nitrogen and oxygen atoms in total. The number of nitrogens with one attached hydrogen (secondary N) is 1. The van der Waals surface area contributed by atoms with Gasteiger partial charge in [-0.15, -0.1) is 0 Å². The predicted molar refractivity (Wildman–Crippen MR) is 94.4 cm³/mol. The van der Waals surface area contributed by atoms with E-state index in [0.717, 1.165) is 12.1 Å². The first kappa shape index (κ1) is 20.2. The normalized spacial score (nSPS) is 10.5. The van der Waals surface area contributed by atoms with Crippen LogP contribution in [0.1, 0.15) is 18.1 Å². The van der Waals surface area contributed by atoms with E-state index in [1.165, 1.54) is 12.1 Å². The van der Waals surface area contributed by atoms with E-state index in [4.69, 9.17) is 9.47 Å². The maximum Gasteiger partial charge on any atom is 0.416 e. The molecule has 1 amide bonds. The summed E-state index contributed by atoms with van der Waals surface area (Å²) in [5.41, 5.74) is -0.535. The maximum atomic E-state index is 12.6. The minimum Gasteiger partial charge on any atom is -0.494 e. The second-order valence-corrected chi connectivity index (χ2v) is 5.35. The van der Waals surface area contributed by atoms with Crippen LogP contribution in [0.15, 0.2) is 48.5 Å². The summed E-state index contributed by atoms with van der Waals surface area (Å²) in [4.78, 5) is 11.7. The van der Waals surface area contributed by atoms with Crippen molar-refractivity contribution in [3.63, 3.8) is 0 Å². The molecule has 0 aliphatic rings. The van der Waals surface area contributed by atoms with E-state index in [0.29, 0.717) is 18.1 Å². The Morgan fingerprint density at radius 1 is 1.07 bits per heavy atom. The van der Waals surface area contributed by atoms with Crippen molar-refractivity contribution in [3.8, 4) is 23.3 Å². The van der Waals surface area contributed by atoms with E-state index in [1.54, 1.807) is 24.3 Å². The molecule has 0 saturated carbocycles. The number of carbonyl (C=O) groups excluding carboxylic acids is 1. The summed E-state index contributed by atoms with van der Waals surface area (Å²) < 4.78 is 48.5. The zero-order chi connectivity index (χ0) is 19.7. The minimum atomic E-state index is -4.41. The molecule has 0 aliphatic carbocycles. The Balaban J connectivity index is 1.77. The number of carbonyl (C=O) groups is 1. The van der Waals surface area contributed by atoms with Crippen LogP contribution in [-0.2, 0) is 11.0 Å². The molecule has 0 aliphatic heterocycles. The van der Waals surface area contributed by atoms with Crippen LogP contribution in [0.25, 0.3) is 0 Å². The highest BCUT2D eigenvalue weighted by Gasteiger charge is 2.30. The van der Waals surface area contributed by atoms with Crippen LogP contribution in [0, 0.1) is 11.8 Å². The molecule has 7 heteroatoms. The van der Waals surface area contributed by atoms with Gasteiger partial charge in [-0.2, -0.15) is 13.2 Å². The third kappa shape index (κ3) is 6.94. The van der Waals surface area contributed by atoms with Gasteiger partial charge in [0.2, 0.25) is 0 Å². The molecule has 0 saturated heterocycles. The molecule has 2 aromatic rings. The first-order valence-electron chi connectivity index (χ1n) is 8.17. The fourth-order valence-corrected chi connectivity index (χ4v) is 2.06. The smallest absolute Gasteiger partial charge is 0.416 e. The van der Waals surface area contributed by atoms with Gasteiger partial charge in [0.05, 0.1) is 18.7 Å². The maximum absolute atomic E-state index is 12.6. The second-order valence-electron chi connectivity index (χ2n) is 5.35. The van der Waals surface area contributed by atoms with Gasteiger partial charge in [0, 0.05) is 5.56 Å². The number of halogens is 3. The molecule has 0 atom stereocenters. The van der Waals surface area contributed by atoms with Gasteiger partial charge in [-0.1, -0.05) is 17.9 Å². The Morgan fingerprint density at radius 3 is 2.37 bits per heavy atom. The topological polar surface area (TPSA) is 47.6 Å². The number of benzene rings is 2. The van der Waals surface area contributed by atoms with Gasteiger partial charge in [-0.3, -0.25) is 4.79 Å². The molecular weight excluding hydrogens is 359 g/mol. The Labute approximate surface area is 155 Å². The van der Waals surface area contributed by atoms with Crippen molar-refractivity contribution >= 4 is 5.91 Å². The molecule has 0 heterocycles. The number of amides is 1. The quantitative estimate of drug-likeness (QED) is 0.782. The molecule has 1 N–H and O–H groups in total. The van der Waals surface area contributed by atoms with Crippen molar-refractivity contribution in [2.45, 2.75) is 13.1 Å². The van der Waals surface area contributed by atoms with Crippen LogP contribution in [0.5, 0.6) is 11.5 Å². The fourth-order valence-electron chi connectivity index (χ4n) is 2.06. The summed E-state index contributed by atoms with van der Waals surface area (Å²) in [7, 11) is 0. The highest BCUT2D eigenvalue weighted by Crippen LogP contribution is 2.29. The van der Waals surface area contributed by atoms with Gasteiger partial charge >= 0.3 is 6.18 Å². The van der Waals surface area contributed by atoms with E-state index in [9.17, 15) is 18.0 Å². The molecule has 0 bridgehead atoms. The highest BCUT2D eigenvalue weighted by molar-refractivity contribution is 5.77. The van der Waals surface area contributed by atoms with Crippen molar-refractivity contribution in [3.05, 3.63) is 59.7 Å². The van der Waals surface area contributed by atoms with Gasteiger partial charge in [0.25, 0.3) is 5.91 Å². The molecule has 27 heavy (non-hydrogen) atoms. The largest absolute Gasteiger partial charge is 0.494 e. The molecule has 2 aromatic carbocycles. The minimum absolute atomic E-state index is 0.00170. The van der Waals surface area contributed by atoms with Gasteiger partial charge in [0.15, 0.2) is 6.61 Å². The molecule has 0 spiro atoms. The van der Waals surface area contributed by atoms with Gasteiger partial charge < -0.3 is 14.8 Å². The van der Waals surface area contributed by atoms with E-state index < -0.39 is 11.7 Å². The molecular formula is C20H18F3NO3. The van der Waals surface area contributed by atoms with Crippen LogP contribution in [0.4, 0.5) is 13.2 Å². The van der Waals surface area contributed by atoms with Crippen molar-refractivity contribution < 1.29 is 27.4 Å². The van der Waals surface area contributed by atoms with Gasteiger partial charge in [0.1, 0.15) is 11.5 Å². The number of hydrogen-bond donors (Lipinski definition) is 1. The fraction of sp³-hybridized carbons (Fsp3) is 0.250. The van der Waals surface area contributed by atoms with Crippen molar-refractivity contribution in [1.82, 2.24) is 5.32 Å². The summed E-state index contributed by atoms with van der Waals surface area (Å²) in [6, 6.07) is 11.5. The lowest BCUT2D eigenvalue weighted by molar-refractivity contribution is -0.137. The summed E-state index contributed by atoms with van der Waals surface area (Å²) in [6.45, 7) is 2.25. The summed E-state index contributed by atoms with van der Waals surface area (Å²) >= 11 is 0. The third-order valence-corrected chi connectivity index (χ3v) is 3.30. The first-order chi connectivity index (χ1) is 12.9. The molecule has 0 unspecified atom stereocenters. The van der Waals surface area contributed by atoms with Crippen LogP contribution in [0.3, 0.4) is 0 Å². The lowest BCUT2D eigenvalue weighted by Crippen LogP contribution is -2.29. The van der Waals surface area contributed by atoms with Crippen molar-refractivity contribution in [2.24, 2.45) is 0 Å². The Morgan fingerprint density at radius 2 is 1.74 bits per heavy atom. The third-order valence-electron chi connectivity index (χ3n) is 3.30. The van der Waals surface area contributed by atoms with Crippen LogP contribution in [-0.4, -0.2) is 25.7 Å². The van der Waals surface area contributed by atoms with E-state index >= 15 is 0 Å². The molecule has 2 rings (SSSR count). The first-order valence-corrected chi connectivity index (χ1v) is 8.17. The van der Waals surface area contributed by atoms with Crippen molar-refractivity contribution in [2.75, 3.05) is 19.8 Å². The summed E-state index contributed by atoms with van der Waals surface area (Å²) in [6.07, 6.45) is -4.41. The Kier molecular flexibility index (Phi) is 7.12. The average molecular weight is 377 g/mol. The van der Waals surface area contributed by atoms with Crippen molar-refractivity contribution in [1.29, 1.82) is 0 Å². The highest BCUT2D eigenvalue weighted by atomic mass is 19.4. The van der Waals surface area contributed by atoms with Crippen LogP contribution in [0.2, 0.25) is 0 Å². The van der Waals surface area contributed by atoms with E-state index in [1.807, 2.05) is 6.92 Å². The average Bonchev–Trinajstić information content (AvgIpc) is 2.64. The number of alkyl halides is 3. The SMILES string of the molecule is CCOc1ccc(OCC(=O)NCC#Cc2cccc(C(F)(F)F)c2)cc1. The van der Waals surface area contributed by atoms with Crippen LogP contribution < -0.4 is 14.8 Å². The van der Waals surface area contributed by atoms with E-state index in [-0.39, 0.29) is 24.6 Å². The number of hydrogen-bond acceptors (Lipinski definition) is 3. The molecule has 0 aromatic heterocycles. The van der Waals surface area contributed by atoms with E-state index in [2.05, 4.69) is 17.2 Å². The number of rotatable bonds is 6. The monoisotopic (exact) mass is 377 g/mol. The summed E-state index contributed by atoms with van der Waals surface area (Å²) in [5.74, 6) is 6.03. The summed E-state index contributed by atoms with van der Waals surface area (Å²) in [5, 5.41) is 2.52. The Hall–Kier alpha value is -3.14. The zero-order valence-corrected chi connectivity index (χ0v) is 14.6. The molecule has 0 radical (unpaired) electrons. The van der Waals surface area contributed by atoms with Gasteiger partial charge in [-0.25, -0.2) is 0 Å². The standard InChI is InChI=1S/C20H18F3NO3/c1-2-26-17-8-10-18(11-9-17)27-14-19(25)24-12-4-6-15-5-3-7-16(13-15)20(21,22)23/h3,5,7-11,13H,2,12,14H2,1H3,(H,24,25). The lowest BCUT2D eigenvalue weighted by Gasteiger charge is -2.07. The zero-order valence-electron chi connectivity index (χ0n) is 14.6. The Bertz CT molecular complexity index is 821. The molecule has 142 valence electrons. The lowest BCUT2D eigenvalue weighted by atomic mass is 10.1. The second kappa shape index (κ2) is 9.53. The number of ether oxygens (including phenoxy) is 2. The van der Waals surface area contributed by atoms with Gasteiger partial charge in [-0.05, 0) is 49.4 Å². The van der Waals surface area contributed by atoms with Crippen LogP contribution >= 0.6 is 0 Å². The predicted octanol–water partition coefficient (Wildman–Crippen LogP) is 3.65. The molecule has 0 fully saturated rings.